The second-order valence-corrected chi connectivity index (χ2v) is 6.77. The SMILES string of the molecule is Cc1nn(C)cc1CCC(=O)NCC1(O)CCN(c2ccccn2)C1. The third kappa shape index (κ3) is 4.36. The molecule has 0 radical (unpaired) electrons. The van der Waals surface area contributed by atoms with Gasteiger partial charge in [-0.25, -0.2) is 4.98 Å². The molecule has 25 heavy (non-hydrogen) atoms. The van der Waals surface area contributed by atoms with Gasteiger partial charge in [0.2, 0.25) is 5.91 Å². The number of aromatic nitrogens is 3. The van der Waals surface area contributed by atoms with Gasteiger partial charge in [0.05, 0.1) is 5.69 Å². The lowest BCUT2D eigenvalue weighted by Crippen LogP contribution is -2.45. The maximum atomic E-state index is 12.1. The van der Waals surface area contributed by atoms with E-state index in [1.54, 1.807) is 10.9 Å². The standard InChI is InChI=1S/C18H25N5O2/c1-14-15(11-22(2)21-14)6-7-17(24)20-12-18(25)8-10-23(13-18)16-5-3-4-9-19-16/h3-5,9,11,25H,6-8,10,12-13H2,1-2H3,(H,20,24). The van der Waals surface area contributed by atoms with Crippen LogP contribution in [0.5, 0.6) is 0 Å². The highest BCUT2D eigenvalue weighted by molar-refractivity contribution is 5.76. The molecule has 2 aromatic rings. The Balaban J connectivity index is 1.46. The van der Waals surface area contributed by atoms with Crippen LogP contribution in [0.15, 0.2) is 30.6 Å². The van der Waals surface area contributed by atoms with Crippen LogP contribution in [-0.2, 0) is 18.3 Å². The molecule has 1 fully saturated rings. The van der Waals surface area contributed by atoms with Gasteiger partial charge in [-0.3, -0.25) is 9.48 Å². The van der Waals surface area contributed by atoms with Crippen molar-refractivity contribution in [3.05, 3.63) is 41.9 Å². The van der Waals surface area contributed by atoms with Crippen LogP contribution in [-0.4, -0.2) is 51.0 Å². The van der Waals surface area contributed by atoms with Crippen LogP contribution in [0.1, 0.15) is 24.1 Å². The average molecular weight is 343 g/mol. The second kappa shape index (κ2) is 7.23. The number of rotatable bonds is 6. The first-order chi connectivity index (χ1) is 12.0. The van der Waals surface area contributed by atoms with Gasteiger partial charge in [0.25, 0.3) is 0 Å². The zero-order chi connectivity index (χ0) is 17.9. The van der Waals surface area contributed by atoms with Crippen molar-refractivity contribution in [2.24, 2.45) is 7.05 Å². The Morgan fingerprint density at radius 1 is 1.44 bits per heavy atom. The first-order valence-corrected chi connectivity index (χ1v) is 8.59. The molecule has 7 nitrogen and oxygen atoms in total. The molecule has 0 aromatic carbocycles. The Bertz CT molecular complexity index is 730. The molecular weight excluding hydrogens is 318 g/mol. The smallest absolute Gasteiger partial charge is 0.220 e. The van der Waals surface area contributed by atoms with Crippen LogP contribution in [0, 0.1) is 6.92 Å². The molecule has 1 atom stereocenters. The van der Waals surface area contributed by atoms with Gasteiger partial charge in [-0.1, -0.05) is 6.07 Å². The number of anilines is 1. The summed E-state index contributed by atoms with van der Waals surface area (Å²) in [7, 11) is 1.87. The van der Waals surface area contributed by atoms with Crippen LogP contribution in [0.25, 0.3) is 0 Å². The summed E-state index contributed by atoms with van der Waals surface area (Å²) in [6.07, 6.45) is 5.36. The van der Waals surface area contributed by atoms with Gasteiger partial charge < -0.3 is 15.3 Å². The zero-order valence-corrected chi connectivity index (χ0v) is 14.8. The molecule has 2 N–H and O–H groups in total. The number of β-amino-alcohol motifs (C(OH)–C–C–N with tert-alkyl or cyclic N) is 1. The highest BCUT2D eigenvalue weighted by atomic mass is 16.3. The summed E-state index contributed by atoms with van der Waals surface area (Å²) in [5.74, 6) is 0.810. The van der Waals surface area contributed by atoms with Crippen LogP contribution in [0.3, 0.4) is 0 Å². The molecule has 1 saturated heterocycles. The van der Waals surface area contributed by atoms with Gasteiger partial charge in [0.15, 0.2) is 0 Å². The van der Waals surface area contributed by atoms with Crippen LogP contribution in [0.4, 0.5) is 5.82 Å². The van der Waals surface area contributed by atoms with Crippen molar-refractivity contribution in [3.63, 3.8) is 0 Å². The van der Waals surface area contributed by atoms with E-state index in [1.807, 2.05) is 43.3 Å². The van der Waals surface area contributed by atoms with Crippen molar-refractivity contribution in [3.8, 4) is 0 Å². The molecule has 1 aliphatic rings. The minimum absolute atomic E-state index is 0.0482. The quantitative estimate of drug-likeness (QED) is 0.811. The summed E-state index contributed by atoms with van der Waals surface area (Å²) in [4.78, 5) is 18.5. The molecule has 3 heterocycles. The Kier molecular flexibility index (Phi) is 5.03. The van der Waals surface area contributed by atoms with E-state index in [0.717, 1.165) is 23.6 Å². The van der Waals surface area contributed by atoms with Crippen LogP contribution in [0.2, 0.25) is 0 Å². The molecular formula is C18H25N5O2. The molecule has 0 aliphatic carbocycles. The van der Waals surface area contributed by atoms with E-state index < -0.39 is 5.60 Å². The van der Waals surface area contributed by atoms with E-state index >= 15 is 0 Å². The van der Waals surface area contributed by atoms with Crippen molar-refractivity contribution >= 4 is 11.7 Å². The molecule has 0 saturated carbocycles. The van der Waals surface area contributed by atoms with Crippen molar-refractivity contribution in [1.29, 1.82) is 0 Å². The van der Waals surface area contributed by atoms with E-state index in [9.17, 15) is 9.90 Å². The minimum Gasteiger partial charge on any atom is -0.386 e. The number of aliphatic hydroxyl groups is 1. The molecule has 134 valence electrons. The lowest BCUT2D eigenvalue weighted by atomic mass is 10.0. The molecule has 1 amide bonds. The molecule has 0 bridgehead atoms. The normalized spacial score (nSPS) is 20.0. The van der Waals surface area contributed by atoms with Gasteiger partial charge >= 0.3 is 0 Å². The van der Waals surface area contributed by atoms with Crippen LogP contribution < -0.4 is 10.2 Å². The highest BCUT2D eigenvalue weighted by Crippen LogP contribution is 2.24. The van der Waals surface area contributed by atoms with Crippen molar-refractivity contribution in [2.45, 2.75) is 31.8 Å². The summed E-state index contributed by atoms with van der Waals surface area (Å²) >= 11 is 0. The molecule has 0 spiro atoms. The molecule has 1 aliphatic heterocycles. The van der Waals surface area contributed by atoms with Gasteiger partial charge in [0.1, 0.15) is 11.4 Å². The fraction of sp³-hybridized carbons (Fsp3) is 0.500. The zero-order valence-electron chi connectivity index (χ0n) is 14.8. The highest BCUT2D eigenvalue weighted by Gasteiger charge is 2.36. The number of hydrogen-bond acceptors (Lipinski definition) is 5. The molecule has 2 aromatic heterocycles. The fourth-order valence-corrected chi connectivity index (χ4v) is 3.23. The Hall–Kier alpha value is -2.41. The minimum atomic E-state index is -0.905. The molecule has 7 heteroatoms. The first kappa shape index (κ1) is 17.4. The number of aryl methyl sites for hydroxylation is 3. The summed E-state index contributed by atoms with van der Waals surface area (Å²) in [6, 6.07) is 5.73. The number of pyridine rings is 1. The van der Waals surface area contributed by atoms with E-state index in [4.69, 9.17) is 0 Å². The van der Waals surface area contributed by atoms with Crippen molar-refractivity contribution < 1.29 is 9.90 Å². The van der Waals surface area contributed by atoms with Gasteiger partial charge in [-0.15, -0.1) is 0 Å². The van der Waals surface area contributed by atoms with E-state index in [-0.39, 0.29) is 12.5 Å². The predicted molar refractivity (Wildman–Crippen MR) is 95.3 cm³/mol. The monoisotopic (exact) mass is 343 g/mol. The number of nitrogens with zero attached hydrogens (tertiary/aromatic N) is 4. The second-order valence-electron chi connectivity index (χ2n) is 6.77. The lowest BCUT2D eigenvalue weighted by molar-refractivity contribution is -0.122. The summed E-state index contributed by atoms with van der Waals surface area (Å²) in [5, 5.41) is 17.9. The Morgan fingerprint density at radius 3 is 2.96 bits per heavy atom. The number of nitrogens with one attached hydrogen (secondary N) is 1. The van der Waals surface area contributed by atoms with Crippen molar-refractivity contribution in [1.82, 2.24) is 20.1 Å². The Morgan fingerprint density at radius 2 is 2.28 bits per heavy atom. The fourth-order valence-electron chi connectivity index (χ4n) is 3.23. The van der Waals surface area contributed by atoms with Gasteiger partial charge in [-0.05, 0) is 37.5 Å². The Labute approximate surface area is 147 Å². The third-order valence-electron chi connectivity index (χ3n) is 4.66. The van der Waals surface area contributed by atoms with Crippen LogP contribution >= 0.6 is 0 Å². The summed E-state index contributed by atoms with van der Waals surface area (Å²) in [6.45, 7) is 3.42. The number of carbonyl (C=O) groups excluding carboxylic acids is 1. The summed E-state index contributed by atoms with van der Waals surface area (Å²) in [5.41, 5.74) is 1.13. The van der Waals surface area contributed by atoms with E-state index in [1.165, 1.54) is 0 Å². The predicted octanol–water partition coefficient (Wildman–Crippen LogP) is 0.814. The first-order valence-electron chi connectivity index (χ1n) is 8.59. The third-order valence-corrected chi connectivity index (χ3v) is 4.66. The lowest BCUT2D eigenvalue weighted by Gasteiger charge is -2.24. The van der Waals surface area contributed by atoms with Crippen molar-refractivity contribution in [2.75, 3.05) is 24.5 Å². The average Bonchev–Trinajstić information content (AvgIpc) is 3.15. The number of amides is 1. The maximum absolute atomic E-state index is 12.1. The summed E-state index contributed by atoms with van der Waals surface area (Å²) < 4.78 is 1.76. The van der Waals surface area contributed by atoms with Gasteiger partial charge in [0, 0.05) is 45.5 Å². The van der Waals surface area contributed by atoms with Gasteiger partial charge in [-0.2, -0.15) is 5.10 Å². The molecule has 1 unspecified atom stereocenters. The molecule has 3 rings (SSSR count). The topological polar surface area (TPSA) is 83.3 Å². The maximum Gasteiger partial charge on any atom is 0.220 e. The number of hydrogen-bond donors (Lipinski definition) is 2. The number of carbonyl (C=O) groups is 1. The van der Waals surface area contributed by atoms with E-state index in [2.05, 4.69) is 15.4 Å². The van der Waals surface area contributed by atoms with E-state index in [0.29, 0.717) is 25.8 Å². The largest absolute Gasteiger partial charge is 0.386 e.